The largest absolute Gasteiger partial charge is 0.313 e. The van der Waals surface area contributed by atoms with Crippen molar-refractivity contribution in [2.45, 2.75) is 0 Å². The van der Waals surface area contributed by atoms with Crippen LogP contribution in [0.5, 0.6) is 0 Å². The van der Waals surface area contributed by atoms with Crippen LogP contribution in [0, 0.1) is 0 Å². The lowest BCUT2D eigenvalue weighted by Gasteiger charge is -2.21. The van der Waals surface area contributed by atoms with Crippen LogP contribution in [0.15, 0.2) is 30.3 Å². The fourth-order valence-corrected chi connectivity index (χ4v) is 1.34. The van der Waals surface area contributed by atoms with Gasteiger partial charge in [0.15, 0.2) is 0 Å². The second-order valence-electron chi connectivity index (χ2n) is 3.23. The molecule has 0 aromatic heterocycles. The fourth-order valence-electron chi connectivity index (χ4n) is 1.34. The molecular formula is C11H17N3O. The normalized spacial score (nSPS) is 10.0. The smallest absolute Gasteiger partial charge is 0.255 e. The Morgan fingerprint density at radius 2 is 1.67 bits per heavy atom. The second-order valence-corrected chi connectivity index (χ2v) is 3.23. The molecule has 0 aliphatic rings. The van der Waals surface area contributed by atoms with Crippen LogP contribution in [0.3, 0.4) is 0 Å². The van der Waals surface area contributed by atoms with Crippen molar-refractivity contribution in [3.63, 3.8) is 0 Å². The first-order valence-corrected chi connectivity index (χ1v) is 4.93. The highest BCUT2D eigenvalue weighted by Crippen LogP contribution is 2.02. The summed E-state index contributed by atoms with van der Waals surface area (Å²) in [5, 5.41) is 5.94. The fraction of sp³-hybridized carbons (Fsp3) is 0.364. The van der Waals surface area contributed by atoms with E-state index in [9.17, 15) is 4.79 Å². The molecule has 4 nitrogen and oxygen atoms in total. The van der Waals surface area contributed by atoms with Crippen LogP contribution in [-0.4, -0.2) is 38.2 Å². The number of nitrogens with zero attached hydrogens (tertiary/aromatic N) is 1. The molecule has 0 unspecified atom stereocenters. The molecule has 15 heavy (non-hydrogen) atoms. The van der Waals surface area contributed by atoms with Crippen molar-refractivity contribution in [1.29, 1.82) is 0 Å². The van der Waals surface area contributed by atoms with Crippen LogP contribution < -0.4 is 10.6 Å². The zero-order valence-electron chi connectivity index (χ0n) is 9.16. The first-order valence-electron chi connectivity index (χ1n) is 4.93. The van der Waals surface area contributed by atoms with E-state index >= 15 is 0 Å². The van der Waals surface area contributed by atoms with E-state index in [2.05, 4.69) is 10.6 Å². The van der Waals surface area contributed by atoms with Gasteiger partial charge >= 0.3 is 0 Å². The summed E-state index contributed by atoms with van der Waals surface area (Å²) in [6.07, 6.45) is 0. The molecule has 0 atom stereocenters. The van der Waals surface area contributed by atoms with Crippen molar-refractivity contribution < 1.29 is 4.79 Å². The number of hydrogen-bond acceptors (Lipinski definition) is 3. The average Bonchev–Trinajstić information content (AvgIpc) is 2.29. The Morgan fingerprint density at radius 1 is 1.13 bits per heavy atom. The maximum atomic E-state index is 12.0. The quantitative estimate of drug-likeness (QED) is 0.690. The minimum Gasteiger partial charge on any atom is -0.313 e. The third-order valence-corrected chi connectivity index (χ3v) is 2.01. The third-order valence-electron chi connectivity index (χ3n) is 2.01. The molecule has 0 saturated heterocycles. The van der Waals surface area contributed by atoms with Gasteiger partial charge in [0.2, 0.25) is 0 Å². The molecule has 0 saturated carbocycles. The number of carbonyl (C=O) groups is 1. The maximum Gasteiger partial charge on any atom is 0.255 e. The lowest BCUT2D eigenvalue weighted by atomic mass is 10.2. The van der Waals surface area contributed by atoms with E-state index in [4.69, 9.17) is 0 Å². The van der Waals surface area contributed by atoms with Crippen molar-refractivity contribution in [1.82, 2.24) is 15.5 Å². The molecule has 0 bridgehead atoms. The van der Waals surface area contributed by atoms with E-state index in [1.807, 2.05) is 44.4 Å². The summed E-state index contributed by atoms with van der Waals surface area (Å²) in [7, 11) is 3.64. The minimum absolute atomic E-state index is 0.0271. The van der Waals surface area contributed by atoms with Crippen LogP contribution in [0.2, 0.25) is 0 Å². The summed E-state index contributed by atoms with van der Waals surface area (Å²) < 4.78 is 0. The molecule has 1 rings (SSSR count). The van der Waals surface area contributed by atoms with Gasteiger partial charge in [-0.15, -0.1) is 0 Å². The maximum absolute atomic E-state index is 12.0. The van der Waals surface area contributed by atoms with E-state index in [0.29, 0.717) is 18.9 Å². The molecule has 0 aliphatic carbocycles. The number of carbonyl (C=O) groups excluding carboxylic acids is 1. The van der Waals surface area contributed by atoms with Gasteiger partial charge in [-0.25, -0.2) is 0 Å². The Bertz CT molecular complexity index is 294. The molecule has 2 N–H and O–H groups in total. The lowest BCUT2D eigenvalue weighted by Crippen LogP contribution is -2.42. The van der Waals surface area contributed by atoms with Gasteiger partial charge in [0, 0.05) is 5.56 Å². The Kier molecular flexibility index (Phi) is 4.80. The number of hydrogen-bond donors (Lipinski definition) is 2. The minimum atomic E-state index is 0.0271. The second kappa shape index (κ2) is 6.16. The van der Waals surface area contributed by atoms with Crippen molar-refractivity contribution in [2.75, 3.05) is 27.4 Å². The van der Waals surface area contributed by atoms with Crippen LogP contribution in [0.1, 0.15) is 10.4 Å². The molecule has 0 fully saturated rings. The van der Waals surface area contributed by atoms with E-state index < -0.39 is 0 Å². The van der Waals surface area contributed by atoms with E-state index in [1.165, 1.54) is 0 Å². The number of amides is 1. The van der Waals surface area contributed by atoms with Crippen molar-refractivity contribution >= 4 is 5.91 Å². The first-order chi connectivity index (χ1) is 7.29. The number of rotatable bonds is 5. The SMILES string of the molecule is CNCN(CNC)C(=O)c1ccccc1. The molecular weight excluding hydrogens is 190 g/mol. The molecule has 4 heteroatoms. The standard InChI is InChI=1S/C11H17N3O/c1-12-8-14(9-13-2)11(15)10-6-4-3-5-7-10/h3-7,12-13H,8-9H2,1-2H3. The van der Waals surface area contributed by atoms with Crippen LogP contribution >= 0.6 is 0 Å². The Balaban J connectivity index is 2.71. The first kappa shape index (κ1) is 11.7. The Morgan fingerprint density at radius 3 is 2.13 bits per heavy atom. The van der Waals surface area contributed by atoms with Crippen molar-refractivity contribution in [2.24, 2.45) is 0 Å². The molecule has 0 heterocycles. The molecule has 82 valence electrons. The van der Waals surface area contributed by atoms with Gasteiger partial charge in [0.05, 0.1) is 13.3 Å². The molecule has 1 aromatic rings. The van der Waals surface area contributed by atoms with Gasteiger partial charge in [-0.2, -0.15) is 0 Å². The van der Waals surface area contributed by atoms with Gasteiger partial charge in [-0.1, -0.05) is 18.2 Å². The van der Waals surface area contributed by atoms with Crippen molar-refractivity contribution in [3.8, 4) is 0 Å². The third kappa shape index (κ3) is 3.34. The van der Waals surface area contributed by atoms with Crippen LogP contribution in [0.4, 0.5) is 0 Å². The Labute approximate surface area is 90.3 Å². The summed E-state index contributed by atoms with van der Waals surface area (Å²) in [6.45, 7) is 1.07. The van der Waals surface area contributed by atoms with Gasteiger partial charge in [-0.05, 0) is 26.2 Å². The van der Waals surface area contributed by atoms with Gasteiger partial charge in [0.1, 0.15) is 0 Å². The molecule has 0 aliphatic heterocycles. The summed E-state index contributed by atoms with van der Waals surface area (Å²) in [5.74, 6) is 0.0271. The van der Waals surface area contributed by atoms with Gasteiger partial charge in [0.25, 0.3) is 5.91 Å². The van der Waals surface area contributed by atoms with Gasteiger partial charge < -0.3 is 15.5 Å². The summed E-state index contributed by atoms with van der Waals surface area (Å²) in [4.78, 5) is 13.7. The highest BCUT2D eigenvalue weighted by Gasteiger charge is 2.12. The highest BCUT2D eigenvalue weighted by atomic mass is 16.2. The number of nitrogens with one attached hydrogen (secondary N) is 2. The monoisotopic (exact) mass is 207 g/mol. The number of benzene rings is 1. The van der Waals surface area contributed by atoms with Crippen LogP contribution in [0.25, 0.3) is 0 Å². The summed E-state index contributed by atoms with van der Waals surface area (Å²) in [6, 6.07) is 9.27. The van der Waals surface area contributed by atoms with E-state index in [1.54, 1.807) is 4.90 Å². The molecule has 1 amide bonds. The predicted molar refractivity (Wildman–Crippen MR) is 60.5 cm³/mol. The summed E-state index contributed by atoms with van der Waals surface area (Å²) in [5.41, 5.74) is 0.711. The zero-order valence-corrected chi connectivity index (χ0v) is 9.16. The topological polar surface area (TPSA) is 44.4 Å². The summed E-state index contributed by atoms with van der Waals surface area (Å²) >= 11 is 0. The molecule has 1 aromatic carbocycles. The van der Waals surface area contributed by atoms with Gasteiger partial charge in [-0.3, -0.25) is 4.79 Å². The van der Waals surface area contributed by atoms with Crippen LogP contribution in [-0.2, 0) is 0 Å². The highest BCUT2D eigenvalue weighted by molar-refractivity contribution is 5.94. The lowest BCUT2D eigenvalue weighted by molar-refractivity contribution is 0.0736. The molecule has 0 spiro atoms. The van der Waals surface area contributed by atoms with Crippen molar-refractivity contribution in [3.05, 3.63) is 35.9 Å². The zero-order chi connectivity index (χ0) is 11.1. The van der Waals surface area contributed by atoms with E-state index in [-0.39, 0.29) is 5.91 Å². The molecule has 0 radical (unpaired) electrons. The predicted octanol–water partition coefficient (Wildman–Crippen LogP) is 0.483. The van der Waals surface area contributed by atoms with E-state index in [0.717, 1.165) is 0 Å². The Hall–Kier alpha value is -1.39. The average molecular weight is 207 g/mol.